The molecule has 5 nitrogen and oxygen atoms in total. The highest BCUT2D eigenvalue weighted by Gasteiger charge is 2.15. The lowest BCUT2D eigenvalue weighted by Crippen LogP contribution is -2.12. The van der Waals surface area contributed by atoms with Crippen LogP contribution in [0.5, 0.6) is 11.5 Å². The van der Waals surface area contributed by atoms with E-state index in [0.717, 1.165) is 25.7 Å². The molecule has 0 aliphatic heterocycles. The summed E-state index contributed by atoms with van der Waals surface area (Å²) in [5.74, 6) is 0.0285. The second-order valence-corrected chi connectivity index (χ2v) is 7.54. The second-order valence-electron chi connectivity index (χ2n) is 7.54. The largest absolute Gasteiger partial charge is 0.494 e. The van der Waals surface area contributed by atoms with Gasteiger partial charge in [-0.05, 0) is 61.4 Å². The first-order valence-electron chi connectivity index (χ1n) is 11.4. The smallest absolute Gasteiger partial charge is 0.346 e. The number of unbranched alkanes of at least 4 members (excludes halogenated alkanes) is 6. The summed E-state index contributed by atoms with van der Waals surface area (Å²) in [7, 11) is 0. The molecule has 0 aliphatic rings. The van der Waals surface area contributed by atoms with Crippen LogP contribution < -0.4 is 9.47 Å². The van der Waals surface area contributed by atoms with Gasteiger partial charge in [0.2, 0.25) is 0 Å². The summed E-state index contributed by atoms with van der Waals surface area (Å²) in [6.07, 6.45) is 9.10. The molecule has 5 heteroatoms. The Morgan fingerprint density at radius 3 is 1.32 bits per heavy atom. The molecule has 0 spiro atoms. The highest BCUT2D eigenvalue weighted by Crippen LogP contribution is 2.16. The molecule has 168 valence electrons. The zero-order valence-corrected chi connectivity index (χ0v) is 18.7. The van der Waals surface area contributed by atoms with E-state index in [1.54, 1.807) is 48.5 Å². The van der Waals surface area contributed by atoms with E-state index in [2.05, 4.69) is 13.8 Å². The van der Waals surface area contributed by atoms with Crippen molar-refractivity contribution in [3.05, 3.63) is 59.7 Å². The van der Waals surface area contributed by atoms with Crippen LogP contribution in [0.2, 0.25) is 0 Å². The lowest BCUT2D eigenvalue weighted by atomic mass is 10.2. The molecule has 31 heavy (non-hydrogen) atoms. The van der Waals surface area contributed by atoms with Crippen LogP contribution in [0.3, 0.4) is 0 Å². The third-order valence-corrected chi connectivity index (χ3v) is 4.90. The summed E-state index contributed by atoms with van der Waals surface area (Å²) in [4.78, 5) is 24.5. The summed E-state index contributed by atoms with van der Waals surface area (Å²) >= 11 is 0. The number of carbonyl (C=O) groups is 2. The number of esters is 2. The molecule has 2 rings (SSSR count). The molecule has 0 saturated heterocycles. The summed E-state index contributed by atoms with van der Waals surface area (Å²) in [5, 5.41) is 0. The van der Waals surface area contributed by atoms with Gasteiger partial charge >= 0.3 is 11.9 Å². The number of hydrogen-bond acceptors (Lipinski definition) is 5. The maximum Gasteiger partial charge on any atom is 0.346 e. The van der Waals surface area contributed by atoms with Crippen molar-refractivity contribution < 1.29 is 23.8 Å². The van der Waals surface area contributed by atoms with Gasteiger partial charge in [0.15, 0.2) is 0 Å². The van der Waals surface area contributed by atoms with Gasteiger partial charge in [0.1, 0.15) is 11.5 Å². The van der Waals surface area contributed by atoms with E-state index in [1.807, 2.05) is 0 Å². The molecule has 2 aromatic rings. The highest BCUT2D eigenvalue weighted by molar-refractivity contribution is 6.02. The number of benzene rings is 2. The van der Waals surface area contributed by atoms with Gasteiger partial charge in [-0.15, -0.1) is 0 Å². The first-order valence-corrected chi connectivity index (χ1v) is 11.4. The second kappa shape index (κ2) is 14.2. The van der Waals surface area contributed by atoms with Crippen LogP contribution in [0, 0.1) is 0 Å². The summed E-state index contributed by atoms with van der Waals surface area (Å²) in [6, 6.07) is 13.3. The molecule has 0 unspecified atom stereocenters. The van der Waals surface area contributed by atoms with Gasteiger partial charge in [-0.2, -0.15) is 0 Å². The lowest BCUT2D eigenvalue weighted by Gasteiger charge is -2.08. The molecule has 0 aromatic heterocycles. The Morgan fingerprint density at radius 2 is 0.968 bits per heavy atom. The van der Waals surface area contributed by atoms with Gasteiger partial charge in [0.25, 0.3) is 0 Å². The topological polar surface area (TPSA) is 61.8 Å². The van der Waals surface area contributed by atoms with Crippen molar-refractivity contribution in [3.63, 3.8) is 0 Å². The van der Waals surface area contributed by atoms with E-state index in [4.69, 9.17) is 14.2 Å². The predicted octanol–water partition coefficient (Wildman–Crippen LogP) is 6.60. The van der Waals surface area contributed by atoms with Crippen molar-refractivity contribution in [3.8, 4) is 11.5 Å². The first kappa shape index (κ1) is 24.4. The van der Waals surface area contributed by atoms with Crippen LogP contribution >= 0.6 is 0 Å². The minimum atomic E-state index is -0.684. The van der Waals surface area contributed by atoms with Crippen LogP contribution in [0.25, 0.3) is 0 Å². The predicted molar refractivity (Wildman–Crippen MR) is 122 cm³/mol. The monoisotopic (exact) mass is 426 g/mol. The van der Waals surface area contributed by atoms with E-state index in [-0.39, 0.29) is 0 Å². The zero-order chi connectivity index (χ0) is 22.3. The number of ether oxygens (including phenoxy) is 3. The molecule has 0 bridgehead atoms. The van der Waals surface area contributed by atoms with Crippen molar-refractivity contribution in [2.75, 3.05) is 13.2 Å². The normalized spacial score (nSPS) is 10.5. The Hall–Kier alpha value is -2.82. The van der Waals surface area contributed by atoms with Crippen LogP contribution in [0.15, 0.2) is 48.5 Å². The third-order valence-electron chi connectivity index (χ3n) is 4.90. The SMILES string of the molecule is CCCCCCOc1ccc(C(=O)OC(=O)c2ccc(OCCCCCC)cc2)cc1. The third kappa shape index (κ3) is 9.24. The quantitative estimate of drug-likeness (QED) is 0.193. The standard InChI is InChI=1S/C26H34O5/c1-3-5-7-9-19-29-23-15-11-21(12-16-23)25(27)31-26(28)22-13-17-24(18-14-22)30-20-10-8-6-4-2/h11-18H,3-10,19-20H2,1-2H3. The Morgan fingerprint density at radius 1 is 0.581 bits per heavy atom. The number of carbonyl (C=O) groups excluding carboxylic acids is 2. The van der Waals surface area contributed by atoms with Gasteiger partial charge < -0.3 is 14.2 Å². The Bertz CT molecular complexity index is 713. The van der Waals surface area contributed by atoms with Gasteiger partial charge in [0, 0.05) is 0 Å². The minimum absolute atomic E-state index is 0.304. The molecular formula is C26H34O5. The molecule has 0 N–H and O–H groups in total. The summed E-state index contributed by atoms with van der Waals surface area (Å²) < 4.78 is 16.3. The molecule has 2 aromatic carbocycles. The number of hydrogen-bond donors (Lipinski definition) is 0. The van der Waals surface area contributed by atoms with Gasteiger partial charge in [0.05, 0.1) is 24.3 Å². The highest BCUT2D eigenvalue weighted by atomic mass is 16.6. The Balaban J connectivity index is 1.77. The fourth-order valence-electron chi connectivity index (χ4n) is 3.01. The van der Waals surface area contributed by atoms with Crippen LogP contribution in [-0.4, -0.2) is 25.2 Å². The molecule has 0 amide bonds. The molecule has 0 saturated carbocycles. The Labute approximate surface area is 185 Å². The van der Waals surface area contributed by atoms with Crippen molar-refractivity contribution in [2.24, 2.45) is 0 Å². The van der Waals surface area contributed by atoms with E-state index in [1.165, 1.54) is 25.7 Å². The van der Waals surface area contributed by atoms with E-state index >= 15 is 0 Å². The molecular weight excluding hydrogens is 392 g/mol. The minimum Gasteiger partial charge on any atom is -0.494 e. The molecule has 0 heterocycles. The maximum atomic E-state index is 12.3. The zero-order valence-electron chi connectivity index (χ0n) is 18.7. The van der Waals surface area contributed by atoms with E-state index < -0.39 is 11.9 Å². The average molecular weight is 427 g/mol. The average Bonchev–Trinajstić information content (AvgIpc) is 2.79. The fourth-order valence-corrected chi connectivity index (χ4v) is 3.01. The van der Waals surface area contributed by atoms with Crippen molar-refractivity contribution in [1.29, 1.82) is 0 Å². The van der Waals surface area contributed by atoms with Gasteiger partial charge in [-0.25, -0.2) is 9.59 Å². The van der Waals surface area contributed by atoms with Crippen molar-refractivity contribution in [2.45, 2.75) is 65.2 Å². The molecule has 0 atom stereocenters. The maximum absolute atomic E-state index is 12.3. The summed E-state index contributed by atoms with van der Waals surface area (Å²) in [5.41, 5.74) is 0.609. The molecule has 0 aliphatic carbocycles. The van der Waals surface area contributed by atoms with E-state index in [9.17, 15) is 9.59 Å². The lowest BCUT2D eigenvalue weighted by molar-refractivity contribution is 0.0398. The molecule has 0 fully saturated rings. The molecule has 0 radical (unpaired) electrons. The Kier molecular flexibility index (Phi) is 11.2. The van der Waals surface area contributed by atoms with Gasteiger partial charge in [-0.3, -0.25) is 0 Å². The summed E-state index contributed by atoms with van der Waals surface area (Å²) in [6.45, 7) is 5.65. The number of rotatable bonds is 14. The van der Waals surface area contributed by atoms with Crippen LogP contribution in [0.1, 0.15) is 85.9 Å². The van der Waals surface area contributed by atoms with Crippen LogP contribution in [0.4, 0.5) is 0 Å². The van der Waals surface area contributed by atoms with Gasteiger partial charge in [-0.1, -0.05) is 52.4 Å². The first-order chi connectivity index (χ1) is 15.1. The van der Waals surface area contributed by atoms with Crippen LogP contribution in [-0.2, 0) is 4.74 Å². The van der Waals surface area contributed by atoms with Crippen molar-refractivity contribution in [1.82, 2.24) is 0 Å². The fraction of sp³-hybridized carbons (Fsp3) is 0.462. The van der Waals surface area contributed by atoms with E-state index in [0.29, 0.717) is 35.8 Å². The van der Waals surface area contributed by atoms with Crippen molar-refractivity contribution >= 4 is 11.9 Å².